The lowest BCUT2D eigenvalue weighted by atomic mass is 9.97. The van der Waals surface area contributed by atoms with E-state index in [4.69, 9.17) is 18.0 Å². The molecule has 0 spiro atoms. The van der Waals surface area contributed by atoms with E-state index in [1.165, 1.54) is 25.7 Å². The van der Waals surface area contributed by atoms with Crippen LogP contribution in [0.3, 0.4) is 0 Å². The predicted molar refractivity (Wildman–Crippen MR) is 78.2 cm³/mol. The van der Waals surface area contributed by atoms with Crippen LogP contribution in [-0.2, 0) is 18.0 Å². The molecular weight excluding hydrogens is 260 g/mol. The number of hydrogen-bond donors (Lipinski definition) is 0. The Bertz CT molecular complexity index is 248. The molecule has 19 heavy (non-hydrogen) atoms. The van der Waals surface area contributed by atoms with Crippen LogP contribution in [-0.4, -0.2) is 42.8 Å². The average molecular weight is 290 g/mol. The van der Waals surface area contributed by atoms with Gasteiger partial charge in [0.15, 0.2) is 0 Å². The Balaban J connectivity index is 2.57. The molecule has 0 amide bonds. The topological polar surface area (TPSA) is 36.9 Å². The third-order valence-corrected chi connectivity index (χ3v) is 7.05. The second kappa shape index (κ2) is 7.74. The molecule has 0 aromatic heterocycles. The maximum Gasteiger partial charge on any atom is 0.503 e. The first-order valence-electron chi connectivity index (χ1n) is 7.31. The molecule has 0 saturated heterocycles. The average Bonchev–Trinajstić information content (AvgIpc) is 2.93. The first-order chi connectivity index (χ1) is 8.99. The van der Waals surface area contributed by atoms with Gasteiger partial charge in [-0.15, -0.1) is 0 Å². The molecule has 0 bridgehead atoms. The molecule has 1 aliphatic carbocycles. The fourth-order valence-corrected chi connectivity index (χ4v) is 5.66. The van der Waals surface area contributed by atoms with Gasteiger partial charge in [-0.2, -0.15) is 0 Å². The van der Waals surface area contributed by atoms with E-state index in [1.54, 1.807) is 14.2 Å². The molecular formula is C14H30O4Si. The lowest BCUT2D eigenvalue weighted by Gasteiger charge is -2.35. The molecule has 1 fully saturated rings. The summed E-state index contributed by atoms with van der Waals surface area (Å²) in [6, 6.07) is 0. The van der Waals surface area contributed by atoms with Gasteiger partial charge in [-0.05, 0) is 19.8 Å². The van der Waals surface area contributed by atoms with Gasteiger partial charge in [0.25, 0.3) is 0 Å². The van der Waals surface area contributed by atoms with Crippen LogP contribution in [0.15, 0.2) is 0 Å². The van der Waals surface area contributed by atoms with Gasteiger partial charge in [-0.1, -0.05) is 26.7 Å². The highest BCUT2D eigenvalue weighted by atomic mass is 28.4. The van der Waals surface area contributed by atoms with E-state index in [1.807, 2.05) is 6.92 Å². The third-order valence-electron chi connectivity index (χ3n) is 3.79. The monoisotopic (exact) mass is 290 g/mol. The smallest absolute Gasteiger partial charge is 0.381 e. The van der Waals surface area contributed by atoms with E-state index >= 15 is 0 Å². The summed E-state index contributed by atoms with van der Waals surface area (Å²) in [5, 5.41) is 0. The van der Waals surface area contributed by atoms with Gasteiger partial charge in [0, 0.05) is 38.4 Å². The Labute approximate surface area is 119 Å². The Morgan fingerprint density at radius 2 is 1.63 bits per heavy atom. The molecule has 1 saturated carbocycles. The normalized spacial score (nSPS) is 18.2. The molecule has 0 N–H and O–H groups in total. The first-order valence-corrected chi connectivity index (χ1v) is 9.12. The van der Waals surface area contributed by atoms with Gasteiger partial charge in [0.2, 0.25) is 0 Å². The Morgan fingerprint density at radius 1 is 1.05 bits per heavy atom. The molecule has 0 aromatic carbocycles. The lowest BCUT2D eigenvalue weighted by Crippen LogP contribution is -2.50. The van der Waals surface area contributed by atoms with Crippen molar-refractivity contribution in [1.29, 1.82) is 0 Å². The molecule has 0 heterocycles. The van der Waals surface area contributed by atoms with E-state index in [9.17, 15) is 0 Å². The second-order valence-electron chi connectivity index (χ2n) is 6.08. The quantitative estimate of drug-likeness (QED) is 0.611. The summed E-state index contributed by atoms with van der Waals surface area (Å²) in [5.41, 5.74) is 0.453. The number of rotatable bonds is 9. The van der Waals surface area contributed by atoms with Crippen molar-refractivity contribution < 1.29 is 18.0 Å². The van der Waals surface area contributed by atoms with E-state index in [0.717, 1.165) is 6.61 Å². The summed E-state index contributed by atoms with van der Waals surface area (Å²) in [5.74, 6) is 0. The summed E-state index contributed by atoms with van der Waals surface area (Å²) < 4.78 is 23.1. The van der Waals surface area contributed by atoms with Crippen LogP contribution in [0.4, 0.5) is 0 Å². The van der Waals surface area contributed by atoms with Crippen LogP contribution >= 0.6 is 0 Å². The lowest BCUT2D eigenvalue weighted by molar-refractivity contribution is 0.00606. The Hall–Kier alpha value is 0.0569. The number of ether oxygens (including phenoxy) is 1. The van der Waals surface area contributed by atoms with Gasteiger partial charge in [0.1, 0.15) is 0 Å². The zero-order valence-corrected chi connectivity index (χ0v) is 14.2. The van der Waals surface area contributed by atoms with Crippen molar-refractivity contribution in [3.8, 4) is 0 Å². The SMILES string of the molecule is CCOCC(C)(C)CO[Si](OC)(OC)C1CCCC1. The van der Waals surface area contributed by atoms with Crippen molar-refractivity contribution in [3.05, 3.63) is 0 Å². The molecule has 0 radical (unpaired) electrons. The third kappa shape index (κ3) is 4.83. The Kier molecular flexibility index (Phi) is 6.97. The van der Waals surface area contributed by atoms with Crippen molar-refractivity contribution in [2.75, 3.05) is 34.0 Å². The van der Waals surface area contributed by atoms with E-state index in [-0.39, 0.29) is 5.41 Å². The molecule has 0 aromatic rings. The molecule has 114 valence electrons. The summed E-state index contributed by atoms with van der Waals surface area (Å²) in [7, 11) is 0.937. The minimum atomic E-state index is -2.51. The zero-order valence-electron chi connectivity index (χ0n) is 13.2. The largest absolute Gasteiger partial charge is 0.503 e. The fourth-order valence-electron chi connectivity index (χ4n) is 2.65. The second-order valence-corrected chi connectivity index (χ2v) is 9.21. The standard InChI is InChI=1S/C14H30O4Si/c1-6-17-11-14(2,3)12-18-19(15-4,16-5)13-9-7-8-10-13/h13H,6-12H2,1-5H3. The maximum atomic E-state index is 6.19. The maximum absolute atomic E-state index is 6.19. The summed E-state index contributed by atoms with van der Waals surface area (Å²) >= 11 is 0. The van der Waals surface area contributed by atoms with Crippen LogP contribution in [0, 0.1) is 5.41 Å². The molecule has 1 aliphatic rings. The van der Waals surface area contributed by atoms with Gasteiger partial charge in [-0.3, -0.25) is 0 Å². The van der Waals surface area contributed by atoms with E-state index in [0.29, 0.717) is 18.8 Å². The minimum absolute atomic E-state index is 0.01000. The van der Waals surface area contributed by atoms with Gasteiger partial charge >= 0.3 is 8.80 Å². The van der Waals surface area contributed by atoms with Crippen molar-refractivity contribution >= 4 is 8.80 Å². The number of hydrogen-bond acceptors (Lipinski definition) is 4. The summed E-state index contributed by atoms with van der Waals surface area (Å²) in [6.07, 6.45) is 4.86. The Morgan fingerprint density at radius 3 is 2.11 bits per heavy atom. The van der Waals surface area contributed by atoms with Crippen LogP contribution in [0.1, 0.15) is 46.5 Å². The van der Waals surface area contributed by atoms with Gasteiger partial charge < -0.3 is 18.0 Å². The highest BCUT2D eigenvalue weighted by Crippen LogP contribution is 2.40. The van der Waals surface area contributed by atoms with Crippen LogP contribution < -0.4 is 0 Å². The summed E-state index contributed by atoms with van der Waals surface area (Å²) in [6.45, 7) is 8.38. The first kappa shape index (κ1) is 17.1. The van der Waals surface area contributed by atoms with E-state index < -0.39 is 8.80 Å². The fraction of sp³-hybridized carbons (Fsp3) is 1.00. The minimum Gasteiger partial charge on any atom is -0.381 e. The van der Waals surface area contributed by atoms with Crippen molar-refractivity contribution in [2.24, 2.45) is 5.41 Å². The predicted octanol–water partition coefficient (Wildman–Crippen LogP) is 3.24. The zero-order chi connectivity index (χ0) is 14.4. The molecule has 0 atom stereocenters. The summed E-state index contributed by atoms with van der Waals surface area (Å²) in [4.78, 5) is 0. The van der Waals surface area contributed by atoms with E-state index in [2.05, 4.69) is 13.8 Å². The van der Waals surface area contributed by atoms with Gasteiger partial charge in [0.05, 0.1) is 6.61 Å². The molecule has 4 nitrogen and oxygen atoms in total. The van der Waals surface area contributed by atoms with Gasteiger partial charge in [-0.25, -0.2) is 0 Å². The van der Waals surface area contributed by atoms with Crippen molar-refractivity contribution in [1.82, 2.24) is 0 Å². The van der Waals surface area contributed by atoms with Crippen molar-refractivity contribution in [3.63, 3.8) is 0 Å². The molecule has 5 heteroatoms. The highest BCUT2D eigenvalue weighted by Gasteiger charge is 2.49. The molecule has 1 rings (SSSR count). The van der Waals surface area contributed by atoms with Crippen molar-refractivity contribution in [2.45, 2.75) is 52.0 Å². The van der Waals surface area contributed by atoms with Crippen LogP contribution in [0.2, 0.25) is 5.54 Å². The van der Waals surface area contributed by atoms with Crippen LogP contribution in [0.5, 0.6) is 0 Å². The molecule has 0 unspecified atom stereocenters. The molecule has 0 aliphatic heterocycles. The highest BCUT2D eigenvalue weighted by molar-refractivity contribution is 6.62. The van der Waals surface area contributed by atoms with Crippen LogP contribution in [0.25, 0.3) is 0 Å².